The molecule has 3 aromatic rings. The molecule has 2 unspecified atom stereocenters. The van der Waals surface area contributed by atoms with E-state index in [0.29, 0.717) is 21.8 Å². The number of esters is 2. The summed E-state index contributed by atoms with van der Waals surface area (Å²) in [5.41, 5.74) is 1.26. The maximum absolute atomic E-state index is 13.5. The normalized spacial score (nSPS) is 18.9. The van der Waals surface area contributed by atoms with Crippen LogP contribution in [-0.2, 0) is 19.1 Å². The van der Waals surface area contributed by atoms with Gasteiger partial charge in [0.05, 0.1) is 43.9 Å². The quantitative estimate of drug-likeness (QED) is 0.441. The zero-order chi connectivity index (χ0) is 26.3. The molecule has 5 rings (SSSR count). The molecule has 0 radical (unpaired) electrons. The van der Waals surface area contributed by atoms with Crippen molar-refractivity contribution < 1.29 is 19.1 Å². The first-order valence-corrected chi connectivity index (χ1v) is 11.8. The Kier molecular flexibility index (Phi) is 5.95. The van der Waals surface area contributed by atoms with Crippen LogP contribution < -0.4 is 4.90 Å². The Labute approximate surface area is 218 Å². The van der Waals surface area contributed by atoms with Gasteiger partial charge in [-0.1, -0.05) is 66.2 Å². The third kappa shape index (κ3) is 3.40. The summed E-state index contributed by atoms with van der Waals surface area (Å²) in [6.45, 7) is 0. The number of para-hydroxylation sites is 1. The highest BCUT2D eigenvalue weighted by Crippen LogP contribution is 2.62. The van der Waals surface area contributed by atoms with Crippen LogP contribution in [0.15, 0.2) is 84.1 Å². The number of carbonyl (C=O) groups excluding carboxylic acids is 2. The Morgan fingerprint density at radius 3 is 2.08 bits per heavy atom. The minimum absolute atomic E-state index is 0.0811. The number of nitriles is 2. The fourth-order valence-corrected chi connectivity index (χ4v) is 5.64. The number of fused-ring (bicyclic) bond motifs is 6. The average Bonchev–Trinajstić information content (AvgIpc) is 2.95. The molecule has 0 bridgehead atoms. The topological polar surface area (TPSA) is 103 Å². The van der Waals surface area contributed by atoms with Gasteiger partial charge in [0.2, 0.25) is 0 Å². The van der Waals surface area contributed by atoms with Crippen LogP contribution in [0.5, 0.6) is 0 Å². The Hall–Kier alpha value is -4.59. The lowest BCUT2D eigenvalue weighted by Crippen LogP contribution is -2.52. The SMILES string of the molecule is COC(=O)C1=C(C(=O)OC)N2c3ccccc3-c3ccccc3C2C(C#N)(C#N)C1c1ccc(Cl)cc1. The molecule has 0 spiro atoms. The third-order valence-electron chi connectivity index (χ3n) is 7.00. The molecule has 0 fully saturated rings. The molecule has 2 aliphatic rings. The van der Waals surface area contributed by atoms with Gasteiger partial charge in [-0.05, 0) is 34.9 Å². The minimum atomic E-state index is -1.85. The number of benzene rings is 3. The molecule has 8 heteroatoms. The van der Waals surface area contributed by atoms with Crippen LogP contribution in [0.1, 0.15) is 23.1 Å². The predicted molar refractivity (Wildman–Crippen MR) is 136 cm³/mol. The molecule has 2 heterocycles. The Morgan fingerprint density at radius 1 is 0.865 bits per heavy atom. The van der Waals surface area contributed by atoms with Crippen molar-refractivity contribution in [2.75, 3.05) is 19.1 Å². The lowest BCUT2D eigenvalue weighted by Gasteiger charge is -2.51. The molecule has 2 aliphatic heterocycles. The van der Waals surface area contributed by atoms with Gasteiger partial charge in [0.15, 0.2) is 5.41 Å². The van der Waals surface area contributed by atoms with E-state index in [9.17, 15) is 20.1 Å². The standard InChI is InChI=1S/C29H20ClN3O4/c1-36-27(34)23-24(17-11-13-18(30)14-12-17)29(15-31,16-32)26-21-9-4-3-7-19(21)20-8-5-6-10-22(20)33(26)25(23)28(35)37-2/h3-14,24,26H,1-2H3. The van der Waals surface area contributed by atoms with Crippen molar-refractivity contribution in [2.45, 2.75) is 12.0 Å². The molecule has 0 aliphatic carbocycles. The molecular formula is C29H20ClN3O4. The van der Waals surface area contributed by atoms with Crippen LogP contribution >= 0.6 is 11.6 Å². The largest absolute Gasteiger partial charge is 0.466 e. The Balaban J connectivity index is 2.00. The van der Waals surface area contributed by atoms with E-state index in [-0.39, 0.29) is 11.3 Å². The van der Waals surface area contributed by atoms with Crippen LogP contribution in [0.3, 0.4) is 0 Å². The smallest absolute Gasteiger partial charge is 0.355 e. The van der Waals surface area contributed by atoms with Crippen LogP contribution in [-0.4, -0.2) is 26.2 Å². The van der Waals surface area contributed by atoms with Crippen LogP contribution in [0.25, 0.3) is 11.1 Å². The van der Waals surface area contributed by atoms with Crippen molar-refractivity contribution in [1.29, 1.82) is 10.5 Å². The number of carbonyl (C=O) groups is 2. The molecule has 0 N–H and O–H groups in total. The number of rotatable bonds is 3. The van der Waals surface area contributed by atoms with E-state index >= 15 is 0 Å². The molecule has 3 aromatic carbocycles. The maximum atomic E-state index is 13.5. The van der Waals surface area contributed by atoms with Gasteiger partial charge in [0.1, 0.15) is 5.70 Å². The second-order valence-corrected chi connectivity index (χ2v) is 9.14. The summed E-state index contributed by atoms with van der Waals surface area (Å²) in [5, 5.41) is 22.0. The number of anilines is 1. The molecule has 182 valence electrons. The zero-order valence-electron chi connectivity index (χ0n) is 19.9. The summed E-state index contributed by atoms with van der Waals surface area (Å²) < 4.78 is 10.3. The van der Waals surface area contributed by atoms with E-state index in [1.807, 2.05) is 36.4 Å². The van der Waals surface area contributed by atoms with Gasteiger partial charge in [-0.2, -0.15) is 10.5 Å². The fraction of sp³-hybridized carbons (Fsp3) is 0.172. The van der Waals surface area contributed by atoms with Crippen molar-refractivity contribution in [3.63, 3.8) is 0 Å². The maximum Gasteiger partial charge on any atom is 0.355 e. The highest BCUT2D eigenvalue weighted by Gasteiger charge is 2.61. The summed E-state index contributed by atoms with van der Waals surface area (Å²) >= 11 is 6.14. The first kappa shape index (κ1) is 24.1. The summed E-state index contributed by atoms with van der Waals surface area (Å²) in [6.07, 6.45) is 0. The van der Waals surface area contributed by atoms with E-state index in [2.05, 4.69) is 12.1 Å². The number of methoxy groups -OCH3 is 2. The van der Waals surface area contributed by atoms with E-state index in [4.69, 9.17) is 21.1 Å². The summed E-state index contributed by atoms with van der Waals surface area (Å²) in [7, 11) is 2.41. The van der Waals surface area contributed by atoms with Crippen molar-refractivity contribution in [2.24, 2.45) is 5.41 Å². The molecule has 2 atom stereocenters. The second kappa shape index (κ2) is 9.13. The van der Waals surface area contributed by atoms with Gasteiger partial charge >= 0.3 is 11.9 Å². The number of hydrogen-bond donors (Lipinski definition) is 0. The average molecular weight is 510 g/mol. The van der Waals surface area contributed by atoms with Gasteiger partial charge in [0.25, 0.3) is 0 Å². The molecule has 0 amide bonds. The van der Waals surface area contributed by atoms with E-state index in [1.54, 1.807) is 41.3 Å². The van der Waals surface area contributed by atoms with Crippen molar-refractivity contribution in [3.05, 3.63) is 100 Å². The third-order valence-corrected chi connectivity index (χ3v) is 7.25. The molecule has 0 saturated heterocycles. The van der Waals surface area contributed by atoms with Crippen LogP contribution in [0, 0.1) is 28.1 Å². The first-order chi connectivity index (χ1) is 17.9. The molecule has 7 nitrogen and oxygen atoms in total. The summed E-state index contributed by atoms with van der Waals surface area (Å²) in [6, 6.07) is 24.9. The minimum Gasteiger partial charge on any atom is -0.466 e. The highest BCUT2D eigenvalue weighted by atomic mass is 35.5. The highest BCUT2D eigenvalue weighted by molar-refractivity contribution is 6.30. The monoisotopic (exact) mass is 509 g/mol. The molecule has 0 aromatic heterocycles. The van der Waals surface area contributed by atoms with Crippen molar-refractivity contribution in [1.82, 2.24) is 0 Å². The zero-order valence-corrected chi connectivity index (χ0v) is 20.7. The van der Waals surface area contributed by atoms with Crippen LogP contribution in [0.2, 0.25) is 5.02 Å². The number of hydrogen-bond acceptors (Lipinski definition) is 7. The van der Waals surface area contributed by atoms with Gasteiger partial charge in [-0.15, -0.1) is 0 Å². The summed E-state index contributed by atoms with van der Waals surface area (Å²) in [4.78, 5) is 28.5. The van der Waals surface area contributed by atoms with Gasteiger partial charge < -0.3 is 14.4 Å². The van der Waals surface area contributed by atoms with E-state index in [0.717, 1.165) is 11.1 Å². The van der Waals surface area contributed by atoms with Gasteiger partial charge in [0, 0.05) is 16.3 Å². The van der Waals surface area contributed by atoms with Gasteiger partial charge in [-0.3, -0.25) is 0 Å². The molecule has 37 heavy (non-hydrogen) atoms. The number of halogens is 1. The lowest BCUT2D eigenvalue weighted by molar-refractivity contribution is -0.140. The van der Waals surface area contributed by atoms with E-state index in [1.165, 1.54) is 14.2 Å². The Morgan fingerprint density at radius 2 is 1.46 bits per heavy atom. The summed E-state index contributed by atoms with van der Waals surface area (Å²) in [5.74, 6) is -2.78. The lowest BCUT2D eigenvalue weighted by atomic mass is 9.59. The number of ether oxygens (including phenoxy) is 2. The molecule has 0 saturated carbocycles. The fourth-order valence-electron chi connectivity index (χ4n) is 5.51. The second-order valence-electron chi connectivity index (χ2n) is 8.70. The number of nitrogens with zero attached hydrogens (tertiary/aromatic N) is 3. The van der Waals surface area contributed by atoms with Crippen LogP contribution in [0.4, 0.5) is 5.69 Å². The van der Waals surface area contributed by atoms with Crippen molar-refractivity contribution in [3.8, 4) is 23.3 Å². The van der Waals surface area contributed by atoms with Crippen molar-refractivity contribution >= 4 is 29.2 Å². The Bertz CT molecular complexity index is 1530. The van der Waals surface area contributed by atoms with E-state index < -0.39 is 29.3 Å². The van der Waals surface area contributed by atoms with Gasteiger partial charge in [-0.25, -0.2) is 9.59 Å². The predicted octanol–water partition coefficient (Wildman–Crippen LogP) is 5.30. The molecular weight excluding hydrogens is 490 g/mol. The first-order valence-electron chi connectivity index (χ1n) is 11.4.